The van der Waals surface area contributed by atoms with E-state index in [4.69, 9.17) is 5.73 Å². The summed E-state index contributed by atoms with van der Waals surface area (Å²) in [7, 11) is 0. The lowest BCUT2D eigenvalue weighted by Gasteiger charge is -2.16. The predicted molar refractivity (Wildman–Crippen MR) is 85.9 cm³/mol. The molecule has 2 rings (SSSR count). The molecule has 0 atom stereocenters. The number of nitrogens with one attached hydrogen (secondary N) is 1. The molecule has 1 aliphatic carbocycles. The zero-order valence-corrected chi connectivity index (χ0v) is 13.0. The standard InChI is InChI=1S/C16H24N2OS/c1-12-10-13(17)8-9-15(12)20-11-16(19)18-14-6-4-2-3-5-7-14/h8-10,14H,2-7,11,17H2,1H3,(H,18,19). The molecule has 1 saturated carbocycles. The molecule has 0 saturated heterocycles. The Bertz CT molecular complexity index is 454. The van der Waals surface area contributed by atoms with Crippen LogP contribution in [-0.2, 0) is 4.79 Å². The van der Waals surface area contributed by atoms with Crippen molar-refractivity contribution in [2.75, 3.05) is 11.5 Å². The minimum absolute atomic E-state index is 0.151. The third-order valence-corrected chi connectivity index (χ3v) is 4.95. The summed E-state index contributed by atoms with van der Waals surface area (Å²) in [5, 5.41) is 3.18. The van der Waals surface area contributed by atoms with Crippen LogP contribution < -0.4 is 11.1 Å². The van der Waals surface area contributed by atoms with E-state index >= 15 is 0 Å². The van der Waals surface area contributed by atoms with Crippen molar-refractivity contribution in [1.29, 1.82) is 0 Å². The second-order valence-corrected chi connectivity index (χ2v) is 6.59. The summed E-state index contributed by atoms with van der Waals surface area (Å²) in [6.45, 7) is 2.03. The average molecular weight is 292 g/mol. The molecule has 1 aliphatic rings. The van der Waals surface area contributed by atoms with Gasteiger partial charge in [0.1, 0.15) is 0 Å². The highest BCUT2D eigenvalue weighted by Crippen LogP contribution is 2.24. The maximum Gasteiger partial charge on any atom is 0.230 e. The highest BCUT2D eigenvalue weighted by atomic mass is 32.2. The van der Waals surface area contributed by atoms with Crippen LogP contribution in [0.2, 0.25) is 0 Å². The molecule has 1 fully saturated rings. The van der Waals surface area contributed by atoms with Crippen LogP contribution in [0.1, 0.15) is 44.1 Å². The third kappa shape index (κ3) is 4.75. The van der Waals surface area contributed by atoms with Crippen LogP contribution >= 0.6 is 11.8 Å². The highest BCUT2D eigenvalue weighted by Gasteiger charge is 2.14. The van der Waals surface area contributed by atoms with E-state index < -0.39 is 0 Å². The summed E-state index contributed by atoms with van der Waals surface area (Å²) in [5.74, 6) is 0.638. The fraction of sp³-hybridized carbons (Fsp3) is 0.562. The summed E-state index contributed by atoms with van der Waals surface area (Å²) < 4.78 is 0. The second-order valence-electron chi connectivity index (χ2n) is 5.57. The van der Waals surface area contributed by atoms with E-state index in [1.807, 2.05) is 25.1 Å². The molecule has 0 spiro atoms. The van der Waals surface area contributed by atoms with Gasteiger partial charge in [0.15, 0.2) is 0 Å². The van der Waals surface area contributed by atoms with Crippen LogP contribution in [0.3, 0.4) is 0 Å². The van der Waals surface area contributed by atoms with Gasteiger partial charge in [-0.3, -0.25) is 4.79 Å². The molecule has 0 bridgehead atoms. The summed E-state index contributed by atoms with van der Waals surface area (Å²) in [6, 6.07) is 6.22. The van der Waals surface area contributed by atoms with E-state index in [0.29, 0.717) is 11.8 Å². The molecule has 0 heterocycles. The van der Waals surface area contributed by atoms with Crippen molar-refractivity contribution in [3.8, 4) is 0 Å². The molecule has 20 heavy (non-hydrogen) atoms. The fourth-order valence-corrected chi connectivity index (χ4v) is 3.49. The number of carbonyl (C=O) groups is 1. The zero-order valence-electron chi connectivity index (χ0n) is 12.2. The summed E-state index contributed by atoms with van der Waals surface area (Å²) >= 11 is 1.59. The van der Waals surface area contributed by atoms with Crippen molar-refractivity contribution in [3.05, 3.63) is 23.8 Å². The number of nitrogens with two attached hydrogens (primary N) is 1. The lowest BCUT2D eigenvalue weighted by atomic mass is 10.1. The van der Waals surface area contributed by atoms with Crippen molar-refractivity contribution in [2.24, 2.45) is 0 Å². The summed E-state index contributed by atoms with van der Waals surface area (Å²) in [4.78, 5) is 13.2. The molecule has 1 aromatic carbocycles. The quantitative estimate of drug-likeness (QED) is 0.507. The molecule has 0 aliphatic heterocycles. The van der Waals surface area contributed by atoms with Crippen molar-refractivity contribution in [1.82, 2.24) is 5.32 Å². The Balaban J connectivity index is 1.79. The van der Waals surface area contributed by atoms with E-state index in [2.05, 4.69) is 5.32 Å². The smallest absolute Gasteiger partial charge is 0.230 e. The fourth-order valence-electron chi connectivity index (χ4n) is 2.67. The van der Waals surface area contributed by atoms with Gasteiger partial charge in [-0.05, 0) is 43.5 Å². The number of carbonyl (C=O) groups excluding carboxylic acids is 1. The van der Waals surface area contributed by atoms with Gasteiger partial charge in [0.05, 0.1) is 5.75 Å². The Morgan fingerprint density at radius 3 is 2.65 bits per heavy atom. The van der Waals surface area contributed by atoms with Crippen molar-refractivity contribution in [3.63, 3.8) is 0 Å². The Labute approximate surface area is 125 Å². The third-order valence-electron chi connectivity index (χ3n) is 3.78. The first-order valence-electron chi connectivity index (χ1n) is 7.43. The van der Waals surface area contributed by atoms with Gasteiger partial charge >= 0.3 is 0 Å². The van der Waals surface area contributed by atoms with Crippen LogP contribution in [0.4, 0.5) is 5.69 Å². The van der Waals surface area contributed by atoms with Crippen LogP contribution in [0, 0.1) is 6.92 Å². The molecule has 0 unspecified atom stereocenters. The van der Waals surface area contributed by atoms with Gasteiger partial charge in [-0.15, -0.1) is 11.8 Å². The number of hydrogen-bond acceptors (Lipinski definition) is 3. The minimum atomic E-state index is 0.151. The normalized spacial score (nSPS) is 16.6. The van der Waals surface area contributed by atoms with E-state index in [9.17, 15) is 4.79 Å². The van der Waals surface area contributed by atoms with Crippen LogP contribution in [-0.4, -0.2) is 17.7 Å². The number of hydrogen-bond donors (Lipinski definition) is 2. The first-order chi connectivity index (χ1) is 9.65. The number of nitrogen functional groups attached to an aromatic ring is 1. The molecule has 1 amide bonds. The van der Waals surface area contributed by atoms with Crippen molar-refractivity contribution in [2.45, 2.75) is 56.4 Å². The van der Waals surface area contributed by atoms with Crippen molar-refractivity contribution >= 4 is 23.4 Å². The van der Waals surface area contributed by atoms with Crippen LogP contribution in [0.15, 0.2) is 23.1 Å². The lowest BCUT2D eigenvalue weighted by Crippen LogP contribution is -2.35. The van der Waals surface area contributed by atoms with Gasteiger partial charge < -0.3 is 11.1 Å². The van der Waals surface area contributed by atoms with Gasteiger partial charge in [-0.1, -0.05) is 25.7 Å². The van der Waals surface area contributed by atoms with E-state index in [-0.39, 0.29) is 5.91 Å². The Morgan fingerprint density at radius 2 is 2.00 bits per heavy atom. The highest BCUT2D eigenvalue weighted by molar-refractivity contribution is 8.00. The predicted octanol–water partition coefficient (Wildman–Crippen LogP) is 3.51. The first kappa shape index (κ1) is 15.2. The van der Waals surface area contributed by atoms with Crippen molar-refractivity contribution < 1.29 is 4.79 Å². The Morgan fingerprint density at radius 1 is 1.30 bits per heavy atom. The van der Waals surface area contributed by atoms with E-state index in [0.717, 1.165) is 29.0 Å². The number of benzene rings is 1. The maximum absolute atomic E-state index is 12.0. The Hall–Kier alpha value is -1.16. The SMILES string of the molecule is Cc1cc(N)ccc1SCC(=O)NC1CCCCCC1. The van der Waals surface area contributed by atoms with Crippen LogP contribution in [0.25, 0.3) is 0 Å². The number of thioether (sulfide) groups is 1. The first-order valence-corrected chi connectivity index (χ1v) is 8.42. The number of rotatable bonds is 4. The van der Waals surface area contributed by atoms with Gasteiger partial charge in [0, 0.05) is 16.6 Å². The summed E-state index contributed by atoms with van der Waals surface area (Å²) in [6.07, 6.45) is 7.39. The maximum atomic E-state index is 12.0. The van der Waals surface area contributed by atoms with Gasteiger partial charge in [0.2, 0.25) is 5.91 Å². The average Bonchev–Trinajstić information content (AvgIpc) is 2.66. The van der Waals surface area contributed by atoms with Gasteiger partial charge in [-0.2, -0.15) is 0 Å². The molecule has 0 radical (unpaired) electrons. The molecule has 1 aromatic rings. The molecular formula is C16H24N2OS. The lowest BCUT2D eigenvalue weighted by molar-refractivity contribution is -0.119. The number of amides is 1. The van der Waals surface area contributed by atoms with E-state index in [1.165, 1.54) is 25.7 Å². The monoisotopic (exact) mass is 292 g/mol. The molecule has 3 N–H and O–H groups in total. The van der Waals surface area contributed by atoms with Gasteiger partial charge in [-0.25, -0.2) is 0 Å². The largest absolute Gasteiger partial charge is 0.399 e. The second kappa shape index (κ2) is 7.58. The van der Waals surface area contributed by atoms with E-state index in [1.54, 1.807) is 11.8 Å². The van der Waals surface area contributed by atoms with Crippen LogP contribution in [0.5, 0.6) is 0 Å². The Kier molecular flexibility index (Phi) is 5.77. The molecule has 3 nitrogen and oxygen atoms in total. The molecular weight excluding hydrogens is 268 g/mol. The topological polar surface area (TPSA) is 55.1 Å². The number of anilines is 1. The molecule has 0 aromatic heterocycles. The molecule has 110 valence electrons. The van der Waals surface area contributed by atoms with Gasteiger partial charge in [0.25, 0.3) is 0 Å². The number of aryl methyl sites for hydroxylation is 1. The molecule has 4 heteroatoms. The minimum Gasteiger partial charge on any atom is -0.399 e. The zero-order chi connectivity index (χ0) is 14.4. The summed E-state index contributed by atoms with van der Waals surface area (Å²) in [5.41, 5.74) is 7.64.